The molecule has 1 amide bonds. The lowest BCUT2D eigenvalue weighted by molar-refractivity contribution is -0.113. The van der Waals surface area contributed by atoms with Crippen molar-refractivity contribution in [1.82, 2.24) is 4.98 Å². The fourth-order valence-electron chi connectivity index (χ4n) is 2.88. The Bertz CT molecular complexity index is 1220. The van der Waals surface area contributed by atoms with Gasteiger partial charge in [0.05, 0.1) is 21.7 Å². The Morgan fingerprint density at radius 1 is 1.13 bits per heavy atom. The van der Waals surface area contributed by atoms with Gasteiger partial charge < -0.3 is 5.32 Å². The van der Waals surface area contributed by atoms with E-state index in [1.165, 1.54) is 20.9 Å². The number of benzene rings is 3. The molecule has 1 heterocycles. The number of hydrogen-bond donors (Lipinski definition) is 1. The highest BCUT2D eigenvalue weighted by Gasteiger charge is 2.09. The molecule has 0 bridgehead atoms. The van der Waals surface area contributed by atoms with Gasteiger partial charge in [0.1, 0.15) is 0 Å². The van der Waals surface area contributed by atoms with Crippen molar-refractivity contribution in [2.24, 2.45) is 4.99 Å². The third kappa shape index (κ3) is 6.15. The van der Waals surface area contributed by atoms with Crippen LogP contribution in [0.3, 0.4) is 0 Å². The van der Waals surface area contributed by atoms with Gasteiger partial charge >= 0.3 is 0 Å². The highest BCUT2D eigenvalue weighted by Crippen LogP contribution is 2.32. The summed E-state index contributed by atoms with van der Waals surface area (Å²) in [4.78, 5) is 21.5. The molecule has 156 valence electrons. The van der Waals surface area contributed by atoms with Gasteiger partial charge in [-0.05, 0) is 82.6 Å². The van der Waals surface area contributed by atoms with Crippen LogP contribution in [0.4, 0.5) is 11.4 Å². The lowest BCUT2D eigenvalue weighted by atomic mass is 10.1. The lowest BCUT2D eigenvalue weighted by Gasteiger charge is -2.05. The number of amides is 1. The topological polar surface area (TPSA) is 54.4 Å². The van der Waals surface area contributed by atoms with Crippen molar-refractivity contribution in [2.75, 3.05) is 11.1 Å². The van der Waals surface area contributed by atoms with E-state index in [2.05, 4.69) is 69.1 Å². The van der Waals surface area contributed by atoms with E-state index in [9.17, 15) is 4.79 Å². The molecule has 0 unspecified atom stereocenters. The highest BCUT2D eigenvalue weighted by molar-refractivity contribution is 14.1. The van der Waals surface area contributed by atoms with Gasteiger partial charge in [-0.25, -0.2) is 4.98 Å². The second kappa shape index (κ2) is 10.4. The van der Waals surface area contributed by atoms with Crippen molar-refractivity contribution < 1.29 is 4.79 Å². The van der Waals surface area contributed by atoms with Crippen LogP contribution in [-0.2, 0) is 11.2 Å². The zero-order valence-electron chi connectivity index (χ0n) is 16.8. The van der Waals surface area contributed by atoms with Crippen LogP contribution in [0.1, 0.15) is 18.1 Å². The maximum Gasteiger partial charge on any atom is 0.234 e. The molecule has 4 rings (SSSR count). The Morgan fingerprint density at radius 2 is 1.90 bits per heavy atom. The molecule has 3 aromatic carbocycles. The number of aryl methyl sites for hydroxylation is 1. The summed E-state index contributed by atoms with van der Waals surface area (Å²) in [6, 6.07) is 22.2. The zero-order chi connectivity index (χ0) is 21.6. The number of aliphatic imine (C=N–C) groups is 1. The molecule has 0 saturated heterocycles. The monoisotopic (exact) mass is 557 g/mol. The number of carbonyl (C=O) groups is 1. The largest absolute Gasteiger partial charge is 0.325 e. The van der Waals surface area contributed by atoms with Crippen LogP contribution in [-0.4, -0.2) is 22.9 Å². The van der Waals surface area contributed by atoms with E-state index < -0.39 is 0 Å². The molecule has 0 radical (unpaired) electrons. The Balaban J connectivity index is 1.37. The highest BCUT2D eigenvalue weighted by atomic mass is 127. The Labute approximate surface area is 203 Å². The molecule has 1 N–H and O–H groups in total. The van der Waals surface area contributed by atoms with Crippen molar-refractivity contribution in [1.29, 1.82) is 0 Å². The second-order valence-electron chi connectivity index (χ2n) is 6.83. The summed E-state index contributed by atoms with van der Waals surface area (Å²) >= 11 is 5.33. The predicted octanol–water partition coefficient (Wildman–Crippen LogP) is 6.94. The summed E-state index contributed by atoms with van der Waals surface area (Å²) in [6.45, 7) is 2.11. The number of rotatable bonds is 7. The number of halogens is 1. The molecule has 0 atom stereocenters. The quantitative estimate of drug-likeness (QED) is 0.152. The molecule has 0 saturated carbocycles. The smallest absolute Gasteiger partial charge is 0.234 e. The van der Waals surface area contributed by atoms with Crippen LogP contribution in [0.15, 0.2) is 76.1 Å². The molecule has 7 heteroatoms. The van der Waals surface area contributed by atoms with Crippen LogP contribution >= 0.6 is 45.7 Å². The van der Waals surface area contributed by atoms with E-state index in [4.69, 9.17) is 0 Å². The number of hydrogen-bond acceptors (Lipinski definition) is 5. The van der Waals surface area contributed by atoms with Crippen LogP contribution < -0.4 is 5.32 Å². The molecule has 0 aliphatic carbocycles. The molecule has 0 aliphatic rings. The van der Waals surface area contributed by atoms with Gasteiger partial charge in [-0.2, -0.15) is 0 Å². The summed E-state index contributed by atoms with van der Waals surface area (Å²) < 4.78 is 3.15. The Kier molecular flexibility index (Phi) is 7.37. The summed E-state index contributed by atoms with van der Waals surface area (Å²) in [5, 5.41) is 2.94. The molecule has 0 spiro atoms. The van der Waals surface area contributed by atoms with Gasteiger partial charge in [0.15, 0.2) is 4.34 Å². The third-order valence-corrected chi connectivity index (χ3v) is 7.44. The van der Waals surface area contributed by atoms with Crippen LogP contribution in [0.2, 0.25) is 0 Å². The normalized spacial score (nSPS) is 11.3. The van der Waals surface area contributed by atoms with E-state index in [0.29, 0.717) is 5.75 Å². The Morgan fingerprint density at radius 3 is 2.65 bits per heavy atom. The van der Waals surface area contributed by atoms with Crippen LogP contribution in [0.5, 0.6) is 0 Å². The van der Waals surface area contributed by atoms with Gasteiger partial charge in [-0.1, -0.05) is 43.0 Å². The van der Waals surface area contributed by atoms with Crippen molar-refractivity contribution in [3.8, 4) is 0 Å². The summed E-state index contributed by atoms with van der Waals surface area (Å²) in [5.74, 6) is 0.295. The average Bonchev–Trinajstić information content (AvgIpc) is 3.20. The first-order chi connectivity index (χ1) is 15.1. The van der Waals surface area contributed by atoms with E-state index >= 15 is 0 Å². The number of carbonyl (C=O) groups excluding carboxylic acids is 1. The van der Waals surface area contributed by atoms with E-state index in [1.807, 2.05) is 48.7 Å². The fraction of sp³-hybridized carbons (Fsp3) is 0.125. The van der Waals surface area contributed by atoms with Crippen LogP contribution in [0.25, 0.3) is 10.2 Å². The zero-order valence-corrected chi connectivity index (χ0v) is 20.6. The van der Waals surface area contributed by atoms with Crippen molar-refractivity contribution in [3.05, 3.63) is 81.4 Å². The molecule has 1 aromatic heterocycles. The van der Waals surface area contributed by atoms with Crippen molar-refractivity contribution >= 4 is 79.4 Å². The van der Waals surface area contributed by atoms with E-state index in [-0.39, 0.29) is 5.91 Å². The standard InChI is InChI=1S/C24H20IN3OS2/c1-2-16-5-9-19(10-6-16)27-23(29)15-30-24-28-21-12-11-20(13-22(21)31-24)26-14-17-3-7-18(25)8-4-17/h3-14H,2,15H2,1H3,(H,27,29). The second-order valence-corrected chi connectivity index (χ2v) is 10.3. The van der Waals surface area contributed by atoms with Crippen LogP contribution in [0, 0.1) is 3.57 Å². The number of aromatic nitrogens is 1. The first kappa shape index (κ1) is 22.0. The number of nitrogens with zero attached hydrogens (tertiary/aromatic N) is 2. The SMILES string of the molecule is CCc1ccc(NC(=O)CSc2nc3ccc(N=Cc4ccc(I)cc4)cc3s2)cc1. The molecule has 4 nitrogen and oxygen atoms in total. The van der Waals surface area contributed by atoms with Crippen molar-refractivity contribution in [3.63, 3.8) is 0 Å². The molecular formula is C24H20IN3OS2. The van der Waals surface area contributed by atoms with E-state index in [0.717, 1.165) is 37.9 Å². The summed E-state index contributed by atoms with van der Waals surface area (Å²) in [6.07, 6.45) is 2.85. The minimum Gasteiger partial charge on any atom is -0.325 e. The van der Waals surface area contributed by atoms with E-state index in [1.54, 1.807) is 11.3 Å². The minimum absolute atomic E-state index is 0.0312. The Hall–Kier alpha value is -2.23. The number of thiazole rings is 1. The van der Waals surface area contributed by atoms with Gasteiger partial charge in [0.2, 0.25) is 5.91 Å². The van der Waals surface area contributed by atoms with Gasteiger partial charge in [0.25, 0.3) is 0 Å². The third-order valence-electron chi connectivity index (χ3n) is 4.56. The maximum absolute atomic E-state index is 12.3. The maximum atomic E-state index is 12.3. The summed E-state index contributed by atoms with van der Waals surface area (Å²) in [7, 11) is 0. The first-order valence-corrected chi connectivity index (χ1v) is 12.7. The molecular weight excluding hydrogens is 537 g/mol. The molecule has 4 aromatic rings. The molecule has 0 aliphatic heterocycles. The van der Waals surface area contributed by atoms with Gasteiger partial charge in [-0.15, -0.1) is 11.3 Å². The van der Waals surface area contributed by atoms with Crippen molar-refractivity contribution in [2.45, 2.75) is 17.7 Å². The number of nitrogens with one attached hydrogen (secondary N) is 1. The number of thioether (sulfide) groups is 1. The predicted molar refractivity (Wildman–Crippen MR) is 141 cm³/mol. The minimum atomic E-state index is -0.0312. The lowest BCUT2D eigenvalue weighted by Crippen LogP contribution is -2.13. The molecule has 31 heavy (non-hydrogen) atoms. The van der Waals surface area contributed by atoms with Gasteiger partial charge in [0, 0.05) is 15.5 Å². The van der Waals surface area contributed by atoms with Gasteiger partial charge in [-0.3, -0.25) is 9.79 Å². The average molecular weight is 557 g/mol. The number of anilines is 1. The fourth-order valence-corrected chi connectivity index (χ4v) is 5.14. The number of fused-ring (bicyclic) bond motifs is 1. The summed E-state index contributed by atoms with van der Waals surface area (Å²) in [5.41, 5.74) is 4.96. The molecule has 0 fully saturated rings. The first-order valence-electron chi connectivity index (χ1n) is 9.81.